The van der Waals surface area contributed by atoms with E-state index in [1.165, 1.54) is 12.3 Å². The van der Waals surface area contributed by atoms with Gasteiger partial charge in [0.05, 0.1) is 31.5 Å². The zero-order chi connectivity index (χ0) is 31.6. The van der Waals surface area contributed by atoms with Crippen LogP contribution >= 0.6 is 7.60 Å². The van der Waals surface area contributed by atoms with Crippen molar-refractivity contribution in [2.24, 2.45) is 5.73 Å². The Morgan fingerprint density at radius 2 is 1.98 bits per heavy atom. The zero-order valence-electron chi connectivity index (χ0n) is 22.4. The predicted octanol–water partition coefficient (Wildman–Crippen LogP) is -5.37. The average molecular weight is 626 g/mol. The summed E-state index contributed by atoms with van der Waals surface area (Å²) in [5.74, 6) is -1.95. The second-order valence-corrected chi connectivity index (χ2v) is 12.2. The maximum absolute atomic E-state index is 12.9. The Morgan fingerprint density at radius 3 is 2.55 bits per heavy atom. The molecule has 3 heterocycles. The molecule has 3 rings (SSSR count). The third-order valence-electron chi connectivity index (χ3n) is 7.11. The number of aromatic nitrogens is 2. The van der Waals surface area contributed by atoms with Crippen molar-refractivity contribution < 1.29 is 63.7 Å². The molecule has 2 aliphatic heterocycles. The number of anilines is 1. The van der Waals surface area contributed by atoms with Gasteiger partial charge in [-0.1, -0.05) is 0 Å². The molecule has 0 bridgehead atoms. The molecule has 0 aliphatic carbocycles. The lowest BCUT2D eigenvalue weighted by Gasteiger charge is -2.47. The third-order valence-corrected chi connectivity index (χ3v) is 8.45. The molecule has 0 saturated carbocycles. The van der Waals surface area contributed by atoms with Crippen molar-refractivity contribution in [3.8, 4) is 0 Å². The Bertz CT molecular complexity index is 1240. The quantitative estimate of drug-likeness (QED) is 0.0969. The topological polar surface area (TPSA) is 319 Å². The van der Waals surface area contributed by atoms with Crippen LogP contribution in [0.3, 0.4) is 0 Å². The number of carbonyl (C=O) groups is 2. The number of ether oxygens (including phenoxy) is 2. The third kappa shape index (κ3) is 7.50. The minimum atomic E-state index is -4.64. The molecular formula is C22H36N5O14P. The summed E-state index contributed by atoms with van der Waals surface area (Å²) >= 11 is 0. The molecule has 20 heteroatoms. The molecule has 0 radical (unpaired) electrons. The highest BCUT2D eigenvalue weighted by atomic mass is 31.2. The zero-order valence-corrected chi connectivity index (χ0v) is 23.3. The fourth-order valence-corrected chi connectivity index (χ4v) is 5.98. The number of primary amides is 1. The maximum Gasteiger partial charge on any atom is 0.351 e. The average Bonchev–Trinajstić information content (AvgIpc) is 3.19. The number of rotatable bonds is 12. The van der Waals surface area contributed by atoms with Crippen molar-refractivity contribution in [1.29, 1.82) is 0 Å². The minimum absolute atomic E-state index is 0.0929. The number of aliphatic hydroxyl groups is 6. The maximum atomic E-state index is 12.9. The molecule has 42 heavy (non-hydrogen) atoms. The van der Waals surface area contributed by atoms with Crippen molar-refractivity contribution in [3.05, 3.63) is 22.7 Å². The van der Waals surface area contributed by atoms with Gasteiger partial charge in [-0.15, -0.1) is 0 Å². The number of nitrogens with zero attached hydrogens (tertiary/aromatic N) is 2. The van der Waals surface area contributed by atoms with E-state index in [1.807, 2.05) is 0 Å². The highest BCUT2D eigenvalue weighted by Crippen LogP contribution is 2.47. The first kappa shape index (κ1) is 33.9. The number of hydrogen-bond donors (Lipinski definition) is 10. The van der Waals surface area contributed by atoms with E-state index in [1.54, 1.807) is 0 Å². The number of aliphatic hydroxyl groups excluding tert-OH is 6. The van der Waals surface area contributed by atoms with E-state index in [4.69, 9.17) is 25.5 Å². The van der Waals surface area contributed by atoms with E-state index in [0.717, 1.165) is 11.5 Å². The molecule has 19 nitrogen and oxygen atoms in total. The number of nitrogens with one attached hydrogen (secondary N) is 1. The standard InChI is InChI=1S/C22H36N5O14P/c1-9(29)25-14-10(30)6-22(20(24)35,41-18(14)15(32)11(31)7-28)3-5-42(37,38)39-8-12-16(33)17(34)19(40-12)27-4-2-13(23)26-21(27)36/h2,4,10-12,14-19,28,30-34H,3,5-8H2,1H3,(H2,24,35)(H,25,29)(H,37,38)(H2,23,26,36)/t10-,11+,12+,14+,15+,16+,17+,18+,19+,22?/m0/s1. The molecular weight excluding hydrogens is 589 g/mol. The number of nitrogen functional groups attached to an aromatic ring is 1. The summed E-state index contributed by atoms with van der Waals surface area (Å²) in [7, 11) is -4.64. The van der Waals surface area contributed by atoms with Gasteiger partial charge in [0.25, 0.3) is 0 Å². The Kier molecular flexibility index (Phi) is 10.8. The van der Waals surface area contributed by atoms with Crippen LogP contribution in [0.1, 0.15) is 26.0 Å². The Labute approximate surface area is 238 Å². The molecule has 2 amide bonds. The molecule has 12 N–H and O–H groups in total. The molecule has 1 aromatic rings. The van der Waals surface area contributed by atoms with E-state index in [9.17, 15) is 54.5 Å². The number of carbonyl (C=O) groups excluding carboxylic acids is 2. The second-order valence-electron chi connectivity index (χ2n) is 10.2. The lowest BCUT2D eigenvalue weighted by molar-refractivity contribution is -0.219. The van der Waals surface area contributed by atoms with Gasteiger partial charge >= 0.3 is 13.3 Å². The van der Waals surface area contributed by atoms with Crippen LogP contribution in [0.5, 0.6) is 0 Å². The number of nitrogens with two attached hydrogens (primary N) is 2. The fraction of sp³-hybridized carbons (Fsp3) is 0.727. The van der Waals surface area contributed by atoms with Crippen LogP contribution in [0.15, 0.2) is 17.1 Å². The molecule has 1 aromatic heterocycles. The van der Waals surface area contributed by atoms with E-state index < -0.39 is 118 Å². The molecule has 2 unspecified atom stereocenters. The molecule has 0 spiro atoms. The summed E-state index contributed by atoms with van der Waals surface area (Å²) in [6, 6.07) is -0.103. The first-order valence-corrected chi connectivity index (χ1v) is 14.5. The molecule has 2 fully saturated rings. The van der Waals surface area contributed by atoms with Crippen molar-refractivity contribution >= 4 is 25.2 Å². The van der Waals surface area contributed by atoms with Crippen molar-refractivity contribution in [2.45, 2.75) is 80.4 Å². The molecule has 238 valence electrons. The number of amides is 2. The summed E-state index contributed by atoms with van der Waals surface area (Å²) in [5, 5.41) is 63.5. The smallest absolute Gasteiger partial charge is 0.351 e. The monoisotopic (exact) mass is 625 g/mol. The van der Waals surface area contributed by atoms with E-state index in [0.29, 0.717) is 0 Å². The van der Waals surface area contributed by atoms with E-state index in [2.05, 4.69) is 10.3 Å². The van der Waals surface area contributed by atoms with Gasteiger partial charge in [-0.05, 0) is 12.5 Å². The fourth-order valence-electron chi connectivity index (χ4n) is 4.82. The van der Waals surface area contributed by atoms with Crippen LogP contribution in [0.2, 0.25) is 0 Å². The van der Waals surface area contributed by atoms with Gasteiger partial charge in [-0.25, -0.2) is 4.79 Å². The van der Waals surface area contributed by atoms with E-state index >= 15 is 0 Å². The first-order chi connectivity index (χ1) is 19.5. The summed E-state index contributed by atoms with van der Waals surface area (Å²) < 4.78 is 29.9. The van der Waals surface area contributed by atoms with Gasteiger partial charge in [0.1, 0.15) is 48.0 Å². The van der Waals surface area contributed by atoms with Crippen molar-refractivity contribution in [2.75, 3.05) is 25.1 Å². The Balaban J connectivity index is 1.71. The minimum Gasteiger partial charge on any atom is -0.394 e. The summed E-state index contributed by atoms with van der Waals surface area (Å²) in [6.07, 6.45) is -14.0. The molecule has 2 aliphatic rings. The molecule has 2 saturated heterocycles. The second kappa shape index (κ2) is 13.4. The molecule has 0 aromatic carbocycles. The van der Waals surface area contributed by atoms with Gasteiger partial charge in [-0.3, -0.25) is 18.7 Å². The van der Waals surface area contributed by atoms with Gasteiger partial charge < -0.3 is 66.3 Å². The summed E-state index contributed by atoms with van der Waals surface area (Å²) in [4.78, 5) is 50.2. The first-order valence-electron chi connectivity index (χ1n) is 12.7. The predicted molar refractivity (Wildman–Crippen MR) is 138 cm³/mol. The van der Waals surface area contributed by atoms with Crippen molar-refractivity contribution in [3.63, 3.8) is 0 Å². The van der Waals surface area contributed by atoms with Crippen LogP contribution < -0.4 is 22.5 Å². The van der Waals surface area contributed by atoms with Gasteiger partial charge in [0.15, 0.2) is 6.23 Å². The summed E-state index contributed by atoms with van der Waals surface area (Å²) in [5.41, 5.74) is 7.88. The largest absolute Gasteiger partial charge is 0.394 e. The lowest BCUT2D eigenvalue weighted by atomic mass is 9.81. The van der Waals surface area contributed by atoms with Crippen LogP contribution in [0.4, 0.5) is 5.82 Å². The Hall–Kier alpha value is -2.55. The van der Waals surface area contributed by atoms with Gasteiger partial charge in [-0.2, -0.15) is 4.98 Å². The SMILES string of the molecule is CC(=O)N[C@H]1[C@H]([C@H](O)[C@H](O)CO)OC(CCP(=O)(O)OC[C@H]2O[C@@H](n3ccc(N)nc3=O)[C@H](O)[C@@H]2O)(C(N)=O)C[C@@H]1O. The van der Waals surface area contributed by atoms with Crippen LogP contribution in [0.25, 0.3) is 0 Å². The van der Waals surface area contributed by atoms with Gasteiger partial charge in [0, 0.05) is 19.5 Å². The Morgan fingerprint density at radius 1 is 1.31 bits per heavy atom. The molecule has 11 atom stereocenters. The lowest BCUT2D eigenvalue weighted by Crippen LogP contribution is -2.68. The van der Waals surface area contributed by atoms with Crippen LogP contribution in [-0.4, -0.2) is 131 Å². The normalized spacial score (nSPS) is 34.3. The summed E-state index contributed by atoms with van der Waals surface area (Å²) in [6.45, 7) is -0.590. The van der Waals surface area contributed by atoms with Crippen LogP contribution in [0, 0.1) is 0 Å². The highest BCUT2D eigenvalue weighted by Gasteiger charge is 2.54. The van der Waals surface area contributed by atoms with E-state index in [-0.39, 0.29) is 5.82 Å². The van der Waals surface area contributed by atoms with Gasteiger partial charge in [0.2, 0.25) is 11.8 Å². The highest BCUT2D eigenvalue weighted by molar-refractivity contribution is 7.52. The number of hydrogen-bond acceptors (Lipinski definition) is 15. The van der Waals surface area contributed by atoms with Crippen molar-refractivity contribution in [1.82, 2.24) is 14.9 Å². The van der Waals surface area contributed by atoms with Crippen LogP contribution in [-0.2, 0) is 28.2 Å².